The first-order valence-electron chi connectivity index (χ1n) is 24.1. The SMILES string of the molecule is CC(=O)O.CCO.CO.COC(=O)c1cccc2cc(OC)ccc12.COc1ccc2c(-c3csc(N)n3)cccc2c1.COc1ccc2c(C(=O)CCl)cccc2c1.COc1ccc2c(C(=O)O)cccc2c1.NC(N)=S.O=C(Cl)C(=O)Cl. The molecule has 446 valence electrons. The Morgan fingerprint density at radius 3 is 1.21 bits per heavy atom. The molecule has 0 aliphatic rings. The van der Waals surface area contributed by atoms with E-state index in [1.165, 1.54) is 18.4 Å². The molecule has 0 saturated carbocycles. The molecule has 9 rings (SSSR count). The van der Waals surface area contributed by atoms with Crippen LogP contribution in [0.25, 0.3) is 54.3 Å². The third kappa shape index (κ3) is 24.8. The highest BCUT2D eigenvalue weighted by Crippen LogP contribution is 2.32. The van der Waals surface area contributed by atoms with Gasteiger partial charge in [0.25, 0.3) is 5.97 Å². The summed E-state index contributed by atoms with van der Waals surface area (Å²) in [6, 6.07) is 45.0. The average Bonchev–Trinajstić information content (AvgIpc) is 4.10. The molecule has 0 fully saturated rings. The van der Waals surface area contributed by atoms with Gasteiger partial charge in [0, 0.05) is 37.1 Å². The summed E-state index contributed by atoms with van der Waals surface area (Å²) in [5.41, 5.74) is 18.5. The van der Waals surface area contributed by atoms with Crippen molar-refractivity contribution in [2.24, 2.45) is 11.5 Å². The van der Waals surface area contributed by atoms with E-state index in [1.807, 2.05) is 96.4 Å². The molecule has 0 aliphatic heterocycles. The first-order valence-corrected chi connectivity index (χ1v) is 26.7. The lowest BCUT2D eigenvalue weighted by atomic mass is 10.0. The molecule has 24 heteroatoms. The number of aliphatic hydroxyl groups excluding tert-OH is 2. The minimum absolute atomic E-state index is 0.000000000000000222. The first kappa shape index (κ1) is 73.3. The Balaban J connectivity index is 0.000000509. The highest BCUT2D eigenvalue weighted by atomic mass is 35.5. The number of aliphatic carboxylic acids is 1. The predicted octanol–water partition coefficient (Wildman–Crippen LogP) is 11.4. The molecular weight excluding hydrogens is 1190 g/mol. The number of rotatable bonds is 10. The van der Waals surface area contributed by atoms with E-state index in [-0.39, 0.29) is 29.4 Å². The van der Waals surface area contributed by atoms with Gasteiger partial charge in [-0.2, -0.15) is 0 Å². The van der Waals surface area contributed by atoms with Gasteiger partial charge < -0.3 is 61.3 Å². The van der Waals surface area contributed by atoms with Crippen LogP contribution >= 0.6 is 58.4 Å². The number of alkyl halides is 1. The zero-order valence-electron chi connectivity index (χ0n) is 46.8. The van der Waals surface area contributed by atoms with E-state index in [0.717, 1.165) is 91.4 Å². The van der Waals surface area contributed by atoms with Crippen LogP contribution in [0.5, 0.6) is 23.0 Å². The van der Waals surface area contributed by atoms with Crippen LogP contribution in [0.2, 0.25) is 0 Å². The number of hydrogen-bond donors (Lipinski definition) is 7. The van der Waals surface area contributed by atoms with Gasteiger partial charge in [-0.1, -0.05) is 66.7 Å². The number of carbonyl (C=O) groups is 6. The monoisotopic (exact) mass is 1250 g/mol. The topological polar surface area (TPSA) is 320 Å². The number of fused-ring (bicyclic) bond motifs is 4. The fraction of sp³-hybridized carbons (Fsp3) is 0.167. The summed E-state index contributed by atoms with van der Waals surface area (Å²) in [4.78, 5) is 66.3. The van der Waals surface area contributed by atoms with Crippen LogP contribution in [-0.4, -0.2) is 120 Å². The molecular formula is C60H63Cl3N4O15S2. The van der Waals surface area contributed by atoms with Gasteiger partial charge in [0.1, 0.15) is 23.0 Å². The highest BCUT2D eigenvalue weighted by molar-refractivity contribution is 7.80. The minimum atomic E-state index is -1.14. The number of aliphatic hydroxyl groups is 2. The first-order chi connectivity index (χ1) is 40.0. The van der Waals surface area contributed by atoms with Gasteiger partial charge in [0.2, 0.25) is 0 Å². The summed E-state index contributed by atoms with van der Waals surface area (Å²) >= 11 is 20.1. The van der Waals surface area contributed by atoms with Gasteiger partial charge in [0.05, 0.1) is 58.2 Å². The Kier molecular flexibility index (Phi) is 34.7. The number of aromatic carboxylic acids is 1. The Bertz CT molecular complexity index is 3490. The van der Waals surface area contributed by atoms with Crippen LogP contribution in [-0.2, 0) is 19.1 Å². The Labute approximate surface area is 508 Å². The third-order valence-corrected chi connectivity index (χ3v) is 11.7. The fourth-order valence-electron chi connectivity index (χ4n) is 6.98. The van der Waals surface area contributed by atoms with Crippen molar-refractivity contribution in [2.75, 3.05) is 60.9 Å². The van der Waals surface area contributed by atoms with E-state index in [0.29, 0.717) is 21.8 Å². The molecule has 19 nitrogen and oxygen atoms in total. The number of carboxylic acids is 2. The Morgan fingerprint density at radius 1 is 0.571 bits per heavy atom. The van der Waals surface area contributed by atoms with Crippen molar-refractivity contribution in [3.05, 3.63) is 168 Å². The van der Waals surface area contributed by atoms with Gasteiger partial charge in [-0.25, -0.2) is 14.6 Å². The number of anilines is 1. The van der Waals surface area contributed by atoms with Crippen molar-refractivity contribution in [1.29, 1.82) is 0 Å². The number of ketones is 1. The van der Waals surface area contributed by atoms with Crippen LogP contribution < -0.4 is 36.1 Å². The van der Waals surface area contributed by atoms with Crippen LogP contribution in [0.4, 0.5) is 5.13 Å². The number of ether oxygens (including phenoxy) is 5. The second kappa shape index (κ2) is 39.7. The summed E-state index contributed by atoms with van der Waals surface area (Å²) in [6.07, 6.45) is 0. The molecule has 0 amide bonds. The zero-order valence-corrected chi connectivity index (χ0v) is 50.7. The number of nitrogen functional groups attached to an aromatic ring is 1. The van der Waals surface area contributed by atoms with Crippen molar-refractivity contribution < 1.29 is 72.9 Å². The number of halogens is 3. The molecule has 10 N–H and O–H groups in total. The fourth-order valence-corrected chi connectivity index (χ4v) is 7.69. The van der Waals surface area contributed by atoms with E-state index in [9.17, 15) is 24.0 Å². The third-order valence-electron chi connectivity index (χ3n) is 10.4. The Hall–Kier alpha value is -8.67. The van der Waals surface area contributed by atoms with E-state index < -0.39 is 22.4 Å². The summed E-state index contributed by atoms with van der Waals surface area (Å²) in [7, 11) is 8.87. The number of nitrogens with zero attached hydrogens (tertiary/aromatic N) is 1. The number of hydrogen-bond acceptors (Lipinski definition) is 17. The van der Waals surface area contributed by atoms with Gasteiger partial charge in [-0.15, -0.1) is 22.9 Å². The molecule has 1 aromatic heterocycles. The van der Waals surface area contributed by atoms with Crippen LogP contribution in [0.1, 0.15) is 44.9 Å². The molecule has 0 bridgehead atoms. The number of aromatic nitrogens is 1. The number of Topliss-reactive ketones (excluding diaryl/α,β-unsaturated/α-hetero) is 1. The van der Waals surface area contributed by atoms with Gasteiger partial charge in [-0.05, 0) is 164 Å². The predicted molar refractivity (Wildman–Crippen MR) is 338 cm³/mol. The van der Waals surface area contributed by atoms with Crippen LogP contribution in [0.15, 0.2) is 151 Å². The number of thiocarbonyl (C=S) groups is 1. The number of nitrogens with two attached hydrogens (primary N) is 3. The summed E-state index contributed by atoms with van der Waals surface area (Å²) in [5, 5.41) is 38.9. The molecule has 0 spiro atoms. The Morgan fingerprint density at radius 2 is 0.893 bits per heavy atom. The lowest BCUT2D eigenvalue weighted by Gasteiger charge is -2.06. The molecule has 84 heavy (non-hydrogen) atoms. The van der Waals surface area contributed by atoms with Crippen molar-refractivity contribution in [1.82, 2.24) is 4.98 Å². The minimum Gasteiger partial charge on any atom is -0.497 e. The van der Waals surface area contributed by atoms with Crippen LogP contribution in [0, 0.1) is 0 Å². The molecule has 0 atom stereocenters. The largest absolute Gasteiger partial charge is 0.497 e. The zero-order chi connectivity index (χ0) is 63.5. The second-order valence-corrected chi connectivity index (χ2v) is 18.1. The summed E-state index contributed by atoms with van der Waals surface area (Å²) < 4.78 is 25.3. The number of carboxylic acid groups (broad SMARTS) is 2. The van der Waals surface area contributed by atoms with Gasteiger partial charge in [0.15, 0.2) is 16.0 Å². The molecule has 0 radical (unpaired) electrons. The lowest BCUT2D eigenvalue weighted by Crippen LogP contribution is -2.18. The van der Waals surface area contributed by atoms with Crippen molar-refractivity contribution in [2.45, 2.75) is 13.8 Å². The van der Waals surface area contributed by atoms with E-state index >= 15 is 0 Å². The van der Waals surface area contributed by atoms with E-state index in [1.54, 1.807) is 71.8 Å². The molecule has 0 unspecified atom stereocenters. The quantitative estimate of drug-likeness (QED) is 0.0167. The summed E-state index contributed by atoms with van der Waals surface area (Å²) in [6.45, 7) is 3.01. The highest BCUT2D eigenvalue weighted by Gasteiger charge is 2.12. The maximum atomic E-state index is 11.6. The maximum Gasteiger partial charge on any atom is 0.338 e. The molecule has 0 saturated heterocycles. The lowest BCUT2D eigenvalue weighted by molar-refractivity contribution is -0.134. The molecule has 0 aliphatic carbocycles. The number of methoxy groups -OCH3 is 5. The molecule has 9 aromatic rings. The van der Waals surface area contributed by atoms with E-state index in [2.05, 4.69) is 70.1 Å². The van der Waals surface area contributed by atoms with Crippen LogP contribution in [0.3, 0.4) is 0 Å². The molecule has 1 heterocycles. The number of thiazole rings is 1. The normalized spacial score (nSPS) is 9.44. The second-order valence-electron chi connectivity index (χ2n) is 15.8. The molecule has 8 aromatic carbocycles. The maximum absolute atomic E-state index is 11.6. The number of benzene rings is 8. The standard InChI is InChI=1S/C14H12N2OS.C13H11ClO2.C13H12O3.C12H10O3.C2Cl2O2.C2H4O2.C2H6O.CH4N2S.CH4O/c1-17-10-5-6-11-9(7-10)3-2-4-12(11)13-8-18-14(15)16-13;1-16-10-5-6-11-9(7-10)3-2-4-12(11)13(15)8-14;1-15-10-6-7-11-9(8-10)4-3-5-12(11)13(14)16-2;1-15-9-5-6-10-8(7-9)3-2-4-11(10)12(13)14;3-1(5)2(4)6;1-2(3)4;1-2-3;2-1(3)4;1-2/h2-8H,1H3,(H2,15,16);2-7H,8H2,1H3;3-8H,1-2H3;2-7H,1H3,(H,13,14);;1H3,(H,3,4);3H,2H2,1H3;(H4,2,3,4);2H,1H3. The van der Waals surface area contributed by atoms with Crippen molar-refractivity contribution in [3.8, 4) is 34.3 Å². The van der Waals surface area contributed by atoms with E-state index in [4.69, 9.17) is 66.2 Å². The van der Waals surface area contributed by atoms with Gasteiger partial charge >= 0.3 is 22.4 Å². The van der Waals surface area contributed by atoms with Crippen molar-refractivity contribution in [3.63, 3.8) is 0 Å². The van der Waals surface area contributed by atoms with Crippen molar-refractivity contribution >= 4 is 146 Å². The number of carbonyl (C=O) groups excluding carboxylic acids is 4. The smallest absolute Gasteiger partial charge is 0.338 e. The average molecular weight is 1250 g/mol. The summed E-state index contributed by atoms with van der Waals surface area (Å²) in [5.74, 6) is 1.02. The van der Waals surface area contributed by atoms with Gasteiger partial charge in [-0.3, -0.25) is 19.2 Å². The number of esters is 1.